The summed E-state index contributed by atoms with van der Waals surface area (Å²) in [6.07, 6.45) is 0.988. The summed E-state index contributed by atoms with van der Waals surface area (Å²) >= 11 is 4.57. The molecular weight excluding hydrogens is 270 g/mol. The van der Waals surface area contributed by atoms with Crippen molar-refractivity contribution in [1.29, 1.82) is 0 Å². The van der Waals surface area contributed by atoms with Crippen LogP contribution in [-0.2, 0) is 9.53 Å². The number of nitrogens with zero attached hydrogens (tertiary/aromatic N) is 1. The topological polar surface area (TPSA) is 77.2 Å². The molecule has 0 aliphatic heterocycles. The van der Waals surface area contributed by atoms with E-state index in [1.54, 1.807) is 6.20 Å². The number of anilines is 1. The largest absolute Gasteiger partial charge is 0.370 e. The lowest BCUT2D eigenvalue weighted by atomic mass is 10.3. The highest BCUT2D eigenvalue weighted by atomic mass is 79.9. The van der Waals surface area contributed by atoms with Crippen LogP contribution in [0.25, 0.3) is 0 Å². The number of ether oxygens (including phenoxy) is 1. The van der Waals surface area contributed by atoms with E-state index in [1.807, 2.05) is 0 Å². The van der Waals surface area contributed by atoms with Crippen LogP contribution in [-0.4, -0.2) is 30.6 Å². The number of amides is 1. The maximum Gasteiger partial charge on any atom is 0.256 e. The molecule has 1 atom stereocenters. The molecule has 3 N–H and O–H groups in total. The molecule has 0 radical (unpaired) electrons. The molecule has 5 nitrogen and oxygen atoms in total. The second-order valence-electron chi connectivity index (χ2n) is 2.42. The van der Waals surface area contributed by atoms with E-state index >= 15 is 0 Å². The number of nitrogens with two attached hydrogens (primary N) is 1. The number of methoxy groups -OCH3 is 1. The summed E-state index contributed by atoms with van der Waals surface area (Å²) in [6.45, 7) is 0.148. The van der Waals surface area contributed by atoms with Crippen molar-refractivity contribution in [1.82, 2.24) is 4.98 Å². The molecule has 1 aromatic heterocycles. The van der Waals surface area contributed by atoms with Gasteiger partial charge in [0.15, 0.2) is 5.13 Å². The van der Waals surface area contributed by atoms with Crippen LogP contribution in [0.2, 0.25) is 0 Å². The van der Waals surface area contributed by atoms with E-state index in [-0.39, 0.29) is 12.5 Å². The lowest BCUT2D eigenvalue weighted by Gasteiger charge is -2.10. The standard InChI is InChI=1S/C7H10BrN3O2S/c1-13-4(2-9)6(12)11-7-10-3-5(8)14-7/h3-4H,2,9H2,1H3,(H,10,11,12). The fourth-order valence-electron chi connectivity index (χ4n) is 0.808. The van der Waals surface area contributed by atoms with Crippen LogP contribution in [0.1, 0.15) is 0 Å². The van der Waals surface area contributed by atoms with Gasteiger partial charge in [-0.3, -0.25) is 10.1 Å². The van der Waals surface area contributed by atoms with Gasteiger partial charge in [-0.2, -0.15) is 0 Å². The molecule has 0 spiro atoms. The Balaban J connectivity index is 2.56. The molecular formula is C7H10BrN3O2S. The van der Waals surface area contributed by atoms with Gasteiger partial charge in [0.1, 0.15) is 6.10 Å². The Morgan fingerprint density at radius 2 is 2.64 bits per heavy atom. The average molecular weight is 280 g/mol. The molecule has 78 valence electrons. The van der Waals surface area contributed by atoms with Gasteiger partial charge >= 0.3 is 0 Å². The summed E-state index contributed by atoms with van der Waals surface area (Å²) in [7, 11) is 1.44. The van der Waals surface area contributed by atoms with Crippen molar-refractivity contribution in [2.45, 2.75) is 6.10 Å². The minimum absolute atomic E-state index is 0.148. The van der Waals surface area contributed by atoms with Crippen LogP contribution in [0, 0.1) is 0 Å². The number of hydrogen-bond donors (Lipinski definition) is 2. The smallest absolute Gasteiger partial charge is 0.256 e. The monoisotopic (exact) mass is 279 g/mol. The predicted octanol–water partition coefficient (Wildman–Crippen LogP) is 0.818. The molecule has 0 bridgehead atoms. The maximum absolute atomic E-state index is 11.4. The summed E-state index contributed by atoms with van der Waals surface area (Å²) in [4.78, 5) is 15.4. The third-order valence-corrected chi connectivity index (χ3v) is 2.89. The van der Waals surface area contributed by atoms with Crippen molar-refractivity contribution in [3.05, 3.63) is 9.98 Å². The number of nitrogens with one attached hydrogen (secondary N) is 1. The minimum Gasteiger partial charge on any atom is -0.370 e. The number of rotatable bonds is 4. The van der Waals surface area contributed by atoms with E-state index in [4.69, 9.17) is 10.5 Å². The first-order chi connectivity index (χ1) is 6.67. The molecule has 0 aliphatic carbocycles. The molecule has 0 aliphatic rings. The van der Waals surface area contributed by atoms with E-state index in [1.165, 1.54) is 18.4 Å². The lowest BCUT2D eigenvalue weighted by Crippen LogP contribution is -2.35. The Hall–Kier alpha value is -0.500. The zero-order valence-electron chi connectivity index (χ0n) is 7.49. The normalized spacial score (nSPS) is 12.5. The molecule has 1 unspecified atom stereocenters. The number of carbonyl (C=O) groups is 1. The highest BCUT2D eigenvalue weighted by Gasteiger charge is 2.16. The number of thiazole rings is 1. The maximum atomic E-state index is 11.4. The van der Waals surface area contributed by atoms with Gasteiger partial charge in [0, 0.05) is 13.7 Å². The van der Waals surface area contributed by atoms with Gasteiger partial charge in [-0.15, -0.1) is 0 Å². The molecule has 1 rings (SSSR count). The molecule has 14 heavy (non-hydrogen) atoms. The van der Waals surface area contributed by atoms with Crippen molar-refractivity contribution in [3.63, 3.8) is 0 Å². The second-order valence-corrected chi connectivity index (χ2v) is 4.83. The van der Waals surface area contributed by atoms with Crippen molar-refractivity contribution in [2.24, 2.45) is 5.73 Å². The Morgan fingerprint density at radius 1 is 1.93 bits per heavy atom. The molecule has 0 aromatic carbocycles. The van der Waals surface area contributed by atoms with Crippen LogP contribution < -0.4 is 11.1 Å². The van der Waals surface area contributed by atoms with Crippen LogP contribution >= 0.6 is 27.3 Å². The predicted molar refractivity (Wildman–Crippen MR) is 58.3 cm³/mol. The first-order valence-electron chi connectivity index (χ1n) is 3.82. The molecule has 0 fully saturated rings. The number of aromatic nitrogens is 1. The Bertz CT molecular complexity index is 314. The molecule has 1 amide bonds. The summed E-state index contributed by atoms with van der Waals surface area (Å²) in [5, 5.41) is 3.12. The summed E-state index contributed by atoms with van der Waals surface area (Å²) < 4.78 is 5.72. The zero-order valence-corrected chi connectivity index (χ0v) is 9.89. The SMILES string of the molecule is COC(CN)C(=O)Nc1ncc(Br)s1. The van der Waals surface area contributed by atoms with Crippen LogP contribution in [0.5, 0.6) is 0 Å². The number of carbonyl (C=O) groups excluding carboxylic acids is 1. The molecule has 0 saturated carbocycles. The lowest BCUT2D eigenvalue weighted by molar-refractivity contribution is -0.125. The first kappa shape index (κ1) is 11.6. The van der Waals surface area contributed by atoms with E-state index < -0.39 is 6.10 Å². The summed E-state index contributed by atoms with van der Waals surface area (Å²) in [6, 6.07) is 0. The Kier molecular flexibility index (Phi) is 4.46. The Morgan fingerprint density at radius 3 is 3.07 bits per heavy atom. The van der Waals surface area contributed by atoms with Crippen molar-refractivity contribution >= 4 is 38.3 Å². The van der Waals surface area contributed by atoms with Gasteiger partial charge < -0.3 is 10.5 Å². The molecule has 1 heterocycles. The Labute approximate surface area is 93.8 Å². The fourth-order valence-corrected chi connectivity index (χ4v) is 1.92. The average Bonchev–Trinajstić information content (AvgIpc) is 2.53. The van der Waals surface area contributed by atoms with Gasteiger partial charge in [0.25, 0.3) is 5.91 Å². The van der Waals surface area contributed by atoms with Gasteiger partial charge in [0.05, 0.1) is 9.98 Å². The molecule has 7 heteroatoms. The van der Waals surface area contributed by atoms with Gasteiger partial charge in [0.2, 0.25) is 0 Å². The van der Waals surface area contributed by atoms with E-state index in [2.05, 4.69) is 26.2 Å². The minimum atomic E-state index is -0.627. The number of hydrogen-bond acceptors (Lipinski definition) is 5. The third-order valence-electron chi connectivity index (χ3n) is 1.50. The van der Waals surface area contributed by atoms with E-state index in [9.17, 15) is 4.79 Å². The zero-order chi connectivity index (χ0) is 10.6. The van der Waals surface area contributed by atoms with Crippen molar-refractivity contribution in [3.8, 4) is 0 Å². The first-order valence-corrected chi connectivity index (χ1v) is 5.43. The third kappa shape index (κ3) is 3.02. The number of halogens is 1. The molecule has 1 aromatic rings. The van der Waals surface area contributed by atoms with Crippen LogP contribution in [0.3, 0.4) is 0 Å². The van der Waals surface area contributed by atoms with Crippen molar-refractivity contribution in [2.75, 3.05) is 19.0 Å². The van der Waals surface area contributed by atoms with Gasteiger partial charge in [-0.25, -0.2) is 4.98 Å². The quantitative estimate of drug-likeness (QED) is 0.856. The fraction of sp³-hybridized carbons (Fsp3) is 0.429. The molecule has 0 saturated heterocycles. The summed E-state index contributed by atoms with van der Waals surface area (Å²) in [5.74, 6) is -0.281. The van der Waals surface area contributed by atoms with Crippen molar-refractivity contribution < 1.29 is 9.53 Å². The highest BCUT2D eigenvalue weighted by molar-refractivity contribution is 9.11. The van der Waals surface area contributed by atoms with Gasteiger partial charge in [-0.1, -0.05) is 11.3 Å². The summed E-state index contributed by atoms with van der Waals surface area (Å²) in [5.41, 5.74) is 5.33. The van der Waals surface area contributed by atoms with Gasteiger partial charge in [-0.05, 0) is 15.9 Å². The van der Waals surface area contributed by atoms with E-state index in [0.29, 0.717) is 5.13 Å². The van der Waals surface area contributed by atoms with Crippen LogP contribution in [0.15, 0.2) is 9.98 Å². The van der Waals surface area contributed by atoms with Crippen LogP contribution in [0.4, 0.5) is 5.13 Å². The van der Waals surface area contributed by atoms with E-state index in [0.717, 1.165) is 3.79 Å². The second kappa shape index (κ2) is 5.40. The highest BCUT2D eigenvalue weighted by Crippen LogP contribution is 2.23.